The van der Waals surface area contributed by atoms with Crippen molar-refractivity contribution in [3.63, 3.8) is 0 Å². The molecule has 216 valence electrons. The average molecular weight is 583 g/mol. The van der Waals surface area contributed by atoms with Crippen LogP contribution in [-0.2, 0) is 19.1 Å². The minimum atomic E-state index is -0.652. The summed E-state index contributed by atoms with van der Waals surface area (Å²) in [5.74, 6) is 0.709. The van der Waals surface area contributed by atoms with Gasteiger partial charge in [0.25, 0.3) is 0 Å². The minimum Gasteiger partial charge on any atom is -0.493 e. The topological polar surface area (TPSA) is 120 Å². The number of ether oxygens (including phenoxy) is 4. The first kappa shape index (κ1) is 28.3. The van der Waals surface area contributed by atoms with Gasteiger partial charge in [0.05, 0.1) is 32.2 Å². The van der Waals surface area contributed by atoms with Crippen LogP contribution < -0.4 is 20.4 Å². The van der Waals surface area contributed by atoms with E-state index in [0.29, 0.717) is 29.5 Å². The van der Waals surface area contributed by atoms with Crippen molar-refractivity contribution in [2.24, 2.45) is 10.3 Å². The zero-order chi connectivity index (χ0) is 28.9. The number of methoxy groups -OCH3 is 2. The van der Waals surface area contributed by atoms with Crippen molar-refractivity contribution in [1.82, 2.24) is 20.6 Å². The average Bonchev–Trinajstić information content (AvgIpc) is 3.64. The van der Waals surface area contributed by atoms with Crippen LogP contribution in [0, 0.1) is 0 Å². The number of hydrazone groups is 1. The summed E-state index contributed by atoms with van der Waals surface area (Å²) < 4.78 is 25.4. The van der Waals surface area contributed by atoms with Gasteiger partial charge in [0, 0.05) is 28.9 Å². The molecule has 0 fully saturated rings. The molecule has 0 saturated carbocycles. The van der Waals surface area contributed by atoms with E-state index in [0.717, 1.165) is 22.5 Å². The molecule has 0 bridgehead atoms. The van der Waals surface area contributed by atoms with E-state index < -0.39 is 12.1 Å². The van der Waals surface area contributed by atoms with E-state index >= 15 is 0 Å². The summed E-state index contributed by atoms with van der Waals surface area (Å²) >= 11 is 6.50. The lowest BCUT2D eigenvalue weighted by Gasteiger charge is -2.26. The molecule has 0 saturated heterocycles. The van der Waals surface area contributed by atoms with Crippen molar-refractivity contribution in [2.75, 3.05) is 34.5 Å². The summed E-state index contributed by atoms with van der Waals surface area (Å²) in [5, 5.41) is 10.2. The Morgan fingerprint density at radius 3 is 2.73 bits per heavy atom. The SMILES string of the molecule is CCOC(=O)C(=NOC)C1=NNN(CC[C@H]2O[C@H](c3cccc(OC)c3OC)c3cc(Cl)ccc3-n3cccc32)N1. The third kappa shape index (κ3) is 5.67. The fourth-order valence-electron chi connectivity index (χ4n) is 4.93. The number of carbonyl (C=O) groups excluding carboxylic acids is 1. The first-order chi connectivity index (χ1) is 20.0. The van der Waals surface area contributed by atoms with Gasteiger partial charge in [-0.15, -0.1) is 10.2 Å². The Morgan fingerprint density at radius 1 is 1.12 bits per heavy atom. The van der Waals surface area contributed by atoms with Crippen molar-refractivity contribution in [3.8, 4) is 17.2 Å². The van der Waals surface area contributed by atoms with Gasteiger partial charge in [-0.1, -0.05) is 28.9 Å². The van der Waals surface area contributed by atoms with E-state index in [4.69, 9.17) is 35.4 Å². The molecule has 0 unspecified atom stereocenters. The molecule has 3 aromatic rings. The second-order valence-electron chi connectivity index (χ2n) is 9.05. The Hall–Kier alpha value is -4.26. The predicted molar refractivity (Wildman–Crippen MR) is 152 cm³/mol. The normalized spacial score (nSPS) is 18.3. The lowest BCUT2D eigenvalue weighted by Crippen LogP contribution is -2.45. The molecule has 13 heteroatoms. The van der Waals surface area contributed by atoms with E-state index in [9.17, 15) is 4.79 Å². The first-order valence-electron chi connectivity index (χ1n) is 13.0. The number of hydrogen-bond acceptors (Lipinski definition) is 11. The van der Waals surface area contributed by atoms with Gasteiger partial charge >= 0.3 is 5.97 Å². The molecule has 2 aliphatic rings. The van der Waals surface area contributed by atoms with Crippen molar-refractivity contribution in [3.05, 3.63) is 76.6 Å². The number of hydrazine groups is 2. The third-order valence-electron chi connectivity index (χ3n) is 6.67. The quantitative estimate of drug-likeness (QED) is 0.208. The molecule has 0 spiro atoms. The second kappa shape index (κ2) is 12.5. The molecular formula is C28H31ClN6O6. The number of nitrogens with zero attached hydrogens (tertiary/aromatic N) is 4. The number of nitrogens with one attached hydrogen (secondary N) is 2. The van der Waals surface area contributed by atoms with Crippen molar-refractivity contribution in [2.45, 2.75) is 25.6 Å². The molecular weight excluding hydrogens is 552 g/mol. The van der Waals surface area contributed by atoms with Crippen molar-refractivity contribution in [1.29, 1.82) is 0 Å². The first-order valence-corrected chi connectivity index (χ1v) is 13.4. The number of rotatable bonds is 10. The molecule has 3 heterocycles. The maximum Gasteiger partial charge on any atom is 0.364 e. The summed E-state index contributed by atoms with van der Waals surface area (Å²) in [6.07, 6.45) is 1.66. The van der Waals surface area contributed by atoms with E-state index in [1.54, 1.807) is 26.3 Å². The molecule has 0 radical (unpaired) electrons. The number of oxime groups is 1. The number of para-hydroxylation sites is 1. The summed E-state index contributed by atoms with van der Waals surface area (Å²) in [4.78, 5) is 17.1. The Kier molecular flexibility index (Phi) is 8.62. The summed E-state index contributed by atoms with van der Waals surface area (Å²) in [6.45, 7) is 2.34. The molecule has 2 atom stereocenters. The zero-order valence-electron chi connectivity index (χ0n) is 23.1. The van der Waals surface area contributed by atoms with Crippen LogP contribution in [0.4, 0.5) is 0 Å². The number of carbonyl (C=O) groups is 1. The fraction of sp³-hybridized carbons (Fsp3) is 0.321. The van der Waals surface area contributed by atoms with Gasteiger partial charge in [0.2, 0.25) is 5.71 Å². The number of benzene rings is 2. The number of halogens is 1. The summed E-state index contributed by atoms with van der Waals surface area (Å²) in [7, 11) is 4.56. The molecule has 0 amide bonds. The van der Waals surface area contributed by atoms with E-state index in [2.05, 4.69) is 25.8 Å². The van der Waals surface area contributed by atoms with Crippen LogP contribution >= 0.6 is 11.6 Å². The molecule has 2 aromatic carbocycles. The summed E-state index contributed by atoms with van der Waals surface area (Å²) in [6, 6.07) is 15.5. The Morgan fingerprint density at radius 2 is 1.98 bits per heavy atom. The van der Waals surface area contributed by atoms with Crippen LogP contribution in [-0.4, -0.2) is 61.7 Å². The molecule has 5 rings (SSSR count). The van der Waals surface area contributed by atoms with Gasteiger partial charge in [-0.25, -0.2) is 10.3 Å². The predicted octanol–water partition coefficient (Wildman–Crippen LogP) is 3.90. The monoisotopic (exact) mass is 582 g/mol. The highest BCUT2D eigenvalue weighted by molar-refractivity contribution is 6.65. The van der Waals surface area contributed by atoms with Gasteiger partial charge in [-0.3, -0.25) is 5.43 Å². The number of hydrogen-bond donors (Lipinski definition) is 2. The molecule has 12 nitrogen and oxygen atoms in total. The minimum absolute atomic E-state index is 0.0820. The van der Waals surface area contributed by atoms with Crippen LogP contribution in [0.5, 0.6) is 11.5 Å². The standard InChI is InChI=1S/C28H31ClN6O6/c1-5-40-28(36)24(32-39-4)27-30-33-35(31-27)15-13-22-21-9-7-14-34(21)20-12-11-17(29)16-19(20)25(41-22)18-8-6-10-23(37-2)26(18)38-3/h6-12,14,16,22,25,33H,5,13,15H2,1-4H3,(H,30,31)/t22-,25-/m1/s1. The molecule has 2 N–H and O–H groups in total. The maximum atomic E-state index is 12.3. The number of fused-ring (bicyclic) bond motifs is 3. The Balaban J connectivity index is 1.43. The molecule has 41 heavy (non-hydrogen) atoms. The fourth-order valence-corrected chi connectivity index (χ4v) is 5.11. The zero-order valence-corrected chi connectivity index (χ0v) is 23.8. The highest BCUT2D eigenvalue weighted by Crippen LogP contribution is 2.46. The van der Waals surface area contributed by atoms with Gasteiger partial charge in [-0.05, 0) is 49.7 Å². The van der Waals surface area contributed by atoms with Crippen molar-refractivity contribution >= 4 is 29.1 Å². The van der Waals surface area contributed by atoms with Crippen LogP contribution in [0.1, 0.15) is 42.4 Å². The second-order valence-corrected chi connectivity index (χ2v) is 9.49. The highest BCUT2D eigenvalue weighted by atomic mass is 35.5. The van der Waals surface area contributed by atoms with Gasteiger partial charge in [0.15, 0.2) is 17.3 Å². The molecule has 2 aliphatic heterocycles. The van der Waals surface area contributed by atoms with E-state index in [1.807, 2.05) is 54.7 Å². The van der Waals surface area contributed by atoms with Gasteiger partial charge < -0.3 is 28.4 Å². The Bertz CT molecular complexity index is 1470. The number of amidine groups is 1. The summed E-state index contributed by atoms with van der Waals surface area (Å²) in [5.41, 5.74) is 9.43. The molecule has 1 aromatic heterocycles. The lowest BCUT2D eigenvalue weighted by molar-refractivity contribution is -0.135. The smallest absolute Gasteiger partial charge is 0.364 e. The number of esters is 1. The van der Waals surface area contributed by atoms with Crippen LogP contribution in [0.2, 0.25) is 5.02 Å². The van der Waals surface area contributed by atoms with Crippen LogP contribution in [0.3, 0.4) is 0 Å². The van der Waals surface area contributed by atoms with Gasteiger partial charge in [-0.2, -0.15) is 0 Å². The largest absolute Gasteiger partial charge is 0.493 e. The number of aromatic nitrogens is 1. The third-order valence-corrected chi connectivity index (χ3v) is 6.91. The lowest BCUT2D eigenvalue weighted by atomic mass is 9.98. The molecule has 0 aliphatic carbocycles. The highest BCUT2D eigenvalue weighted by Gasteiger charge is 2.34. The van der Waals surface area contributed by atoms with Crippen LogP contribution in [0.15, 0.2) is 65.0 Å². The van der Waals surface area contributed by atoms with E-state index in [-0.39, 0.29) is 24.3 Å². The van der Waals surface area contributed by atoms with Gasteiger partial charge in [0.1, 0.15) is 19.3 Å². The van der Waals surface area contributed by atoms with E-state index in [1.165, 1.54) is 7.11 Å². The van der Waals surface area contributed by atoms with Crippen molar-refractivity contribution < 1.29 is 28.6 Å². The van der Waals surface area contributed by atoms with Crippen LogP contribution in [0.25, 0.3) is 5.69 Å². The maximum absolute atomic E-state index is 12.3. The Labute approximate surface area is 242 Å².